The number of carbonyl (C=O) groups is 1. The van der Waals surface area contributed by atoms with E-state index in [4.69, 9.17) is 4.74 Å². The normalized spacial score (nSPS) is 11.1. The Bertz CT molecular complexity index is 909. The average molecular weight is 405 g/mol. The number of methoxy groups -OCH3 is 1. The fourth-order valence-electron chi connectivity index (χ4n) is 2.90. The second kappa shape index (κ2) is 9.59. The molecule has 7 heteroatoms. The molecule has 2 aromatic carbocycles. The lowest BCUT2D eigenvalue weighted by Gasteiger charge is -2.25. The van der Waals surface area contributed by atoms with Crippen LogP contribution in [0.2, 0.25) is 0 Å². The molecule has 0 aliphatic heterocycles. The van der Waals surface area contributed by atoms with Crippen LogP contribution in [-0.4, -0.2) is 34.5 Å². The Morgan fingerprint density at radius 2 is 1.79 bits per heavy atom. The molecule has 28 heavy (non-hydrogen) atoms. The number of sulfonamides is 1. The molecular formula is C21H28N2O4S. The molecule has 0 aliphatic carbocycles. The number of benzene rings is 2. The maximum atomic E-state index is 13.4. The van der Waals surface area contributed by atoms with Gasteiger partial charge in [-0.25, -0.2) is 8.42 Å². The van der Waals surface area contributed by atoms with Crippen molar-refractivity contribution < 1.29 is 17.9 Å². The first-order valence-corrected chi connectivity index (χ1v) is 10.7. The zero-order chi connectivity index (χ0) is 20.7. The molecule has 2 aromatic rings. The molecule has 0 saturated heterocycles. The van der Waals surface area contributed by atoms with Crippen molar-refractivity contribution in [2.24, 2.45) is 0 Å². The summed E-state index contributed by atoms with van der Waals surface area (Å²) in [6, 6.07) is 12.0. The van der Waals surface area contributed by atoms with Crippen LogP contribution in [0.25, 0.3) is 0 Å². The number of amides is 1. The Morgan fingerprint density at radius 1 is 1.11 bits per heavy atom. The molecule has 0 fully saturated rings. The number of ether oxygens (including phenoxy) is 1. The Kier molecular flexibility index (Phi) is 7.45. The fraction of sp³-hybridized carbons (Fsp3) is 0.381. The highest BCUT2D eigenvalue weighted by molar-refractivity contribution is 7.92. The summed E-state index contributed by atoms with van der Waals surface area (Å²) < 4.78 is 33.3. The average Bonchev–Trinajstić information content (AvgIpc) is 2.66. The van der Waals surface area contributed by atoms with Gasteiger partial charge in [-0.3, -0.25) is 9.10 Å². The molecule has 0 spiro atoms. The molecule has 0 atom stereocenters. The number of nitrogens with zero attached hydrogens (tertiary/aromatic N) is 1. The van der Waals surface area contributed by atoms with Crippen LogP contribution >= 0.6 is 0 Å². The van der Waals surface area contributed by atoms with Gasteiger partial charge in [-0.15, -0.1) is 0 Å². The van der Waals surface area contributed by atoms with Crippen molar-refractivity contribution in [1.82, 2.24) is 5.32 Å². The molecular weight excluding hydrogens is 376 g/mol. The first kappa shape index (κ1) is 21.8. The van der Waals surface area contributed by atoms with Crippen LogP contribution in [0.4, 0.5) is 5.69 Å². The molecule has 0 aromatic heterocycles. The van der Waals surface area contributed by atoms with Gasteiger partial charge in [-0.05, 0) is 56.2 Å². The molecule has 0 unspecified atom stereocenters. The van der Waals surface area contributed by atoms with Crippen LogP contribution in [0.5, 0.6) is 5.75 Å². The van der Waals surface area contributed by atoms with Crippen molar-refractivity contribution in [3.05, 3.63) is 53.6 Å². The van der Waals surface area contributed by atoms with E-state index in [1.54, 1.807) is 50.4 Å². The summed E-state index contributed by atoms with van der Waals surface area (Å²) in [6.07, 6.45) is 0.908. The molecule has 2 rings (SSSR count). The number of hydrogen-bond donors (Lipinski definition) is 1. The lowest BCUT2D eigenvalue weighted by molar-refractivity contribution is -0.120. The van der Waals surface area contributed by atoms with Crippen LogP contribution in [0, 0.1) is 13.8 Å². The summed E-state index contributed by atoms with van der Waals surface area (Å²) in [5.41, 5.74) is 2.16. The number of hydrogen-bond acceptors (Lipinski definition) is 4. The molecule has 1 amide bonds. The second-order valence-electron chi connectivity index (χ2n) is 6.64. The quantitative estimate of drug-likeness (QED) is 0.695. The second-order valence-corrected chi connectivity index (χ2v) is 8.47. The highest BCUT2D eigenvalue weighted by Crippen LogP contribution is 2.28. The Labute approximate surface area is 167 Å². The van der Waals surface area contributed by atoms with Crippen LogP contribution in [0.1, 0.15) is 30.9 Å². The van der Waals surface area contributed by atoms with Gasteiger partial charge in [0.25, 0.3) is 10.0 Å². The minimum absolute atomic E-state index is 0.0531. The van der Waals surface area contributed by atoms with E-state index >= 15 is 0 Å². The molecule has 1 N–H and O–H groups in total. The monoisotopic (exact) mass is 404 g/mol. The molecule has 0 radical (unpaired) electrons. The Balaban J connectivity index is 2.39. The van der Waals surface area contributed by atoms with Crippen molar-refractivity contribution in [2.75, 3.05) is 24.5 Å². The maximum absolute atomic E-state index is 13.4. The molecule has 0 saturated carbocycles. The third-order valence-corrected chi connectivity index (χ3v) is 6.36. The largest absolute Gasteiger partial charge is 0.497 e. The van der Waals surface area contributed by atoms with E-state index in [9.17, 15) is 13.2 Å². The van der Waals surface area contributed by atoms with Crippen molar-refractivity contribution in [2.45, 2.75) is 38.5 Å². The molecule has 152 valence electrons. The van der Waals surface area contributed by atoms with Gasteiger partial charge in [-0.1, -0.05) is 24.6 Å². The molecule has 6 nitrogen and oxygen atoms in total. The highest BCUT2D eigenvalue weighted by atomic mass is 32.2. The van der Waals surface area contributed by atoms with Gasteiger partial charge in [0.2, 0.25) is 5.91 Å². The summed E-state index contributed by atoms with van der Waals surface area (Å²) in [5, 5.41) is 2.79. The van der Waals surface area contributed by atoms with Crippen molar-refractivity contribution in [3.8, 4) is 5.75 Å². The summed E-state index contributed by atoms with van der Waals surface area (Å²) >= 11 is 0. The fourth-order valence-corrected chi connectivity index (χ4v) is 4.57. The van der Waals surface area contributed by atoms with Crippen LogP contribution in [0.15, 0.2) is 47.4 Å². The third kappa shape index (κ3) is 5.25. The lowest BCUT2D eigenvalue weighted by atomic mass is 10.2. The van der Waals surface area contributed by atoms with Gasteiger partial charge in [-0.2, -0.15) is 0 Å². The van der Waals surface area contributed by atoms with E-state index in [0.29, 0.717) is 23.5 Å². The maximum Gasteiger partial charge on any atom is 0.264 e. The highest BCUT2D eigenvalue weighted by Gasteiger charge is 2.27. The summed E-state index contributed by atoms with van der Waals surface area (Å²) in [5.74, 6) is 0.462. The van der Waals surface area contributed by atoms with Crippen LogP contribution in [-0.2, 0) is 14.8 Å². The van der Waals surface area contributed by atoms with E-state index in [0.717, 1.165) is 12.0 Å². The van der Waals surface area contributed by atoms with Gasteiger partial charge >= 0.3 is 0 Å². The SMILES string of the molecule is CCCNC(=O)CCN(c1ccc(OC)cc1)S(=O)(=O)c1ccc(C)cc1C. The summed E-state index contributed by atoms with van der Waals surface area (Å²) in [7, 11) is -2.27. The predicted octanol–water partition coefficient (Wildman–Crippen LogP) is 3.42. The van der Waals surface area contributed by atoms with E-state index < -0.39 is 10.0 Å². The van der Waals surface area contributed by atoms with Crippen molar-refractivity contribution >= 4 is 21.6 Å². The van der Waals surface area contributed by atoms with Crippen molar-refractivity contribution in [1.29, 1.82) is 0 Å². The van der Waals surface area contributed by atoms with Gasteiger partial charge in [0, 0.05) is 19.5 Å². The van der Waals surface area contributed by atoms with Gasteiger partial charge in [0.15, 0.2) is 0 Å². The van der Waals surface area contributed by atoms with Gasteiger partial charge in [0.1, 0.15) is 5.75 Å². The van der Waals surface area contributed by atoms with E-state index in [1.165, 1.54) is 4.31 Å². The minimum atomic E-state index is -3.82. The lowest BCUT2D eigenvalue weighted by Crippen LogP contribution is -2.35. The van der Waals surface area contributed by atoms with E-state index in [-0.39, 0.29) is 23.8 Å². The number of nitrogens with one attached hydrogen (secondary N) is 1. The number of carbonyl (C=O) groups excluding carboxylic acids is 1. The number of anilines is 1. The first-order chi connectivity index (χ1) is 13.3. The van der Waals surface area contributed by atoms with Crippen LogP contribution in [0.3, 0.4) is 0 Å². The minimum Gasteiger partial charge on any atom is -0.497 e. The smallest absolute Gasteiger partial charge is 0.264 e. The topological polar surface area (TPSA) is 75.7 Å². The van der Waals surface area contributed by atoms with Gasteiger partial charge in [0.05, 0.1) is 17.7 Å². The Morgan fingerprint density at radius 3 is 2.36 bits per heavy atom. The summed E-state index contributed by atoms with van der Waals surface area (Å²) in [6.45, 7) is 6.29. The molecule has 0 bridgehead atoms. The van der Waals surface area contributed by atoms with Crippen LogP contribution < -0.4 is 14.4 Å². The molecule has 0 heterocycles. The van der Waals surface area contributed by atoms with E-state index in [1.807, 2.05) is 19.9 Å². The third-order valence-electron chi connectivity index (χ3n) is 4.37. The Hall–Kier alpha value is -2.54. The zero-order valence-corrected chi connectivity index (χ0v) is 17.7. The predicted molar refractivity (Wildman–Crippen MR) is 111 cm³/mol. The summed E-state index contributed by atoms with van der Waals surface area (Å²) in [4.78, 5) is 12.3. The zero-order valence-electron chi connectivity index (χ0n) is 16.9. The number of aryl methyl sites for hydroxylation is 2. The van der Waals surface area contributed by atoms with Crippen molar-refractivity contribution in [3.63, 3.8) is 0 Å². The number of rotatable bonds is 9. The first-order valence-electron chi connectivity index (χ1n) is 9.30. The van der Waals surface area contributed by atoms with Gasteiger partial charge < -0.3 is 10.1 Å². The van der Waals surface area contributed by atoms with E-state index in [2.05, 4.69) is 5.32 Å². The molecule has 0 aliphatic rings. The standard InChI is InChI=1S/C21H28N2O4S/c1-5-13-22-21(24)12-14-23(18-7-9-19(27-4)10-8-18)28(25,26)20-11-6-16(2)15-17(20)3/h6-11,15H,5,12-14H2,1-4H3,(H,22,24).